The standard InChI is InChI=1S/C19H19N3O2/c23-13-17-16-6-1-2-7-18(16)22(14-4-3-5-15(24)12-14)19(17)21-10-8-20-9-11-21/h1-7,12-13,20,24H,8-11H2. The summed E-state index contributed by atoms with van der Waals surface area (Å²) >= 11 is 0. The molecule has 1 aliphatic rings. The van der Waals surface area contributed by atoms with E-state index in [0.717, 1.165) is 54.9 Å². The van der Waals surface area contributed by atoms with Crippen LogP contribution in [-0.2, 0) is 0 Å². The van der Waals surface area contributed by atoms with Crippen LogP contribution in [0.2, 0.25) is 0 Å². The quantitative estimate of drug-likeness (QED) is 0.728. The van der Waals surface area contributed by atoms with Gasteiger partial charge in [-0.25, -0.2) is 0 Å². The zero-order chi connectivity index (χ0) is 16.5. The number of carbonyl (C=O) groups is 1. The monoisotopic (exact) mass is 321 g/mol. The molecule has 3 aromatic rings. The minimum absolute atomic E-state index is 0.212. The van der Waals surface area contributed by atoms with Crippen molar-refractivity contribution in [1.29, 1.82) is 0 Å². The second kappa shape index (κ2) is 6.02. The van der Waals surface area contributed by atoms with Crippen molar-refractivity contribution in [3.05, 3.63) is 54.1 Å². The van der Waals surface area contributed by atoms with Gasteiger partial charge in [0.05, 0.1) is 16.8 Å². The van der Waals surface area contributed by atoms with Crippen LogP contribution in [-0.4, -0.2) is 42.1 Å². The average molecular weight is 321 g/mol. The number of nitrogens with one attached hydrogen (secondary N) is 1. The third kappa shape index (κ3) is 2.34. The van der Waals surface area contributed by atoms with Crippen LogP contribution in [0, 0.1) is 0 Å². The summed E-state index contributed by atoms with van der Waals surface area (Å²) < 4.78 is 2.07. The number of phenols is 1. The number of nitrogens with zero attached hydrogens (tertiary/aromatic N) is 2. The van der Waals surface area contributed by atoms with Crippen LogP contribution in [0.4, 0.5) is 5.82 Å². The first-order chi connectivity index (χ1) is 11.8. The molecule has 0 bridgehead atoms. The third-order valence-electron chi connectivity index (χ3n) is 4.51. The zero-order valence-electron chi connectivity index (χ0n) is 13.3. The summed E-state index contributed by atoms with van der Waals surface area (Å²) in [5.74, 6) is 1.11. The minimum atomic E-state index is 0.212. The first-order valence-electron chi connectivity index (χ1n) is 8.13. The number of rotatable bonds is 3. The van der Waals surface area contributed by atoms with Crippen molar-refractivity contribution < 1.29 is 9.90 Å². The Morgan fingerprint density at radius 1 is 1.04 bits per heavy atom. The van der Waals surface area contributed by atoms with Crippen LogP contribution < -0.4 is 10.2 Å². The van der Waals surface area contributed by atoms with Crippen LogP contribution >= 0.6 is 0 Å². The summed E-state index contributed by atoms with van der Waals surface area (Å²) in [4.78, 5) is 14.1. The highest BCUT2D eigenvalue weighted by Gasteiger charge is 2.23. The number of aromatic hydroxyl groups is 1. The zero-order valence-corrected chi connectivity index (χ0v) is 13.3. The highest BCUT2D eigenvalue weighted by molar-refractivity contribution is 6.05. The second-order valence-corrected chi connectivity index (χ2v) is 5.96. The highest BCUT2D eigenvalue weighted by Crippen LogP contribution is 2.35. The number of hydrogen-bond acceptors (Lipinski definition) is 4. The Balaban J connectivity index is 2.04. The van der Waals surface area contributed by atoms with Crippen molar-refractivity contribution in [3.8, 4) is 11.4 Å². The molecule has 2 heterocycles. The molecule has 0 aliphatic carbocycles. The van der Waals surface area contributed by atoms with Gasteiger partial charge in [-0.15, -0.1) is 0 Å². The summed E-state index contributed by atoms with van der Waals surface area (Å²) in [7, 11) is 0. The van der Waals surface area contributed by atoms with E-state index in [4.69, 9.17) is 0 Å². The fourth-order valence-electron chi connectivity index (χ4n) is 3.45. The number of aldehydes is 1. The van der Waals surface area contributed by atoms with Gasteiger partial charge in [0, 0.05) is 37.6 Å². The molecule has 1 aliphatic heterocycles. The largest absolute Gasteiger partial charge is 0.508 e. The highest BCUT2D eigenvalue weighted by atomic mass is 16.3. The third-order valence-corrected chi connectivity index (χ3v) is 4.51. The summed E-state index contributed by atoms with van der Waals surface area (Å²) in [5, 5.41) is 14.2. The topological polar surface area (TPSA) is 57.5 Å². The molecule has 2 aromatic carbocycles. The van der Waals surface area contributed by atoms with E-state index in [1.807, 2.05) is 36.4 Å². The van der Waals surface area contributed by atoms with Crippen molar-refractivity contribution >= 4 is 23.0 Å². The van der Waals surface area contributed by atoms with Gasteiger partial charge >= 0.3 is 0 Å². The van der Waals surface area contributed by atoms with Gasteiger partial charge < -0.3 is 15.3 Å². The molecule has 122 valence electrons. The summed E-state index contributed by atoms with van der Waals surface area (Å²) in [6.07, 6.45) is 0.943. The second-order valence-electron chi connectivity index (χ2n) is 5.96. The molecule has 1 aromatic heterocycles. The van der Waals surface area contributed by atoms with Crippen LogP contribution in [0.1, 0.15) is 10.4 Å². The molecule has 24 heavy (non-hydrogen) atoms. The molecule has 1 fully saturated rings. The number of carbonyl (C=O) groups excluding carboxylic acids is 1. The van der Waals surface area contributed by atoms with E-state index >= 15 is 0 Å². The van der Waals surface area contributed by atoms with E-state index in [9.17, 15) is 9.90 Å². The maximum absolute atomic E-state index is 11.9. The van der Waals surface area contributed by atoms with E-state index < -0.39 is 0 Å². The number of hydrogen-bond donors (Lipinski definition) is 2. The van der Waals surface area contributed by atoms with Crippen LogP contribution in [0.3, 0.4) is 0 Å². The van der Waals surface area contributed by atoms with Gasteiger partial charge in [0.1, 0.15) is 11.6 Å². The number of phenolic OH excluding ortho intramolecular Hbond substituents is 1. The predicted octanol–water partition coefficient (Wildman–Crippen LogP) is 2.56. The molecule has 1 saturated heterocycles. The summed E-state index contributed by atoms with van der Waals surface area (Å²) in [6, 6.07) is 15.1. The van der Waals surface area contributed by atoms with Crippen molar-refractivity contribution in [2.45, 2.75) is 0 Å². The van der Waals surface area contributed by atoms with E-state index in [2.05, 4.69) is 14.8 Å². The summed E-state index contributed by atoms with van der Waals surface area (Å²) in [6.45, 7) is 3.46. The lowest BCUT2D eigenvalue weighted by Gasteiger charge is -2.31. The lowest BCUT2D eigenvalue weighted by Crippen LogP contribution is -2.44. The minimum Gasteiger partial charge on any atom is -0.508 e. The van der Waals surface area contributed by atoms with Crippen molar-refractivity contribution in [2.24, 2.45) is 0 Å². The maximum Gasteiger partial charge on any atom is 0.154 e. The SMILES string of the molecule is O=Cc1c(N2CCNCC2)n(-c2cccc(O)c2)c2ccccc12. The van der Waals surface area contributed by atoms with Crippen LogP contribution in [0.5, 0.6) is 5.75 Å². The van der Waals surface area contributed by atoms with E-state index in [-0.39, 0.29) is 5.75 Å². The maximum atomic E-state index is 11.9. The molecule has 2 N–H and O–H groups in total. The van der Waals surface area contributed by atoms with Gasteiger partial charge in [0.25, 0.3) is 0 Å². The average Bonchev–Trinajstić information content (AvgIpc) is 2.97. The smallest absolute Gasteiger partial charge is 0.154 e. The van der Waals surface area contributed by atoms with Crippen LogP contribution in [0.25, 0.3) is 16.6 Å². The Morgan fingerprint density at radius 2 is 1.83 bits per heavy atom. The molecular weight excluding hydrogens is 302 g/mol. The first-order valence-corrected chi connectivity index (χ1v) is 8.13. The molecule has 4 rings (SSSR count). The molecule has 0 saturated carbocycles. The molecule has 5 nitrogen and oxygen atoms in total. The molecule has 0 spiro atoms. The van der Waals surface area contributed by atoms with Crippen molar-refractivity contribution in [1.82, 2.24) is 9.88 Å². The van der Waals surface area contributed by atoms with E-state index in [1.165, 1.54) is 0 Å². The Hall–Kier alpha value is -2.79. The fourth-order valence-corrected chi connectivity index (χ4v) is 3.45. The Kier molecular flexibility index (Phi) is 3.70. The lowest BCUT2D eigenvalue weighted by atomic mass is 10.2. The molecule has 5 heteroatoms. The van der Waals surface area contributed by atoms with Crippen molar-refractivity contribution in [2.75, 3.05) is 31.1 Å². The van der Waals surface area contributed by atoms with Gasteiger partial charge in [-0.2, -0.15) is 0 Å². The van der Waals surface area contributed by atoms with Gasteiger partial charge in [-0.3, -0.25) is 9.36 Å². The van der Waals surface area contributed by atoms with Gasteiger partial charge in [0.2, 0.25) is 0 Å². The lowest BCUT2D eigenvalue weighted by molar-refractivity contribution is 0.112. The van der Waals surface area contributed by atoms with Gasteiger partial charge in [-0.05, 0) is 18.2 Å². The van der Waals surface area contributed by atoms with Crippen LogP contribution in [0.15, 0.2) is 48.5 Å². The normalized spacial score (nSPS) is 14.9. The van der Waals surface area contributed by atoms with Gasteiger partial charge in [0.15, 0.2) is 6.29 Å². The molecule has 0 radical (unpaired) electrons. The van der Waals surface area contributed by atoms with Crippen molar-refractivity contribution in [3.63, 3.8) is 0 Å². The van der Waals surface area contributed by atoms with E-state index in [0.29, 0.717) is 5.56 Å². The molecular formula is C19H19N3O2. The Bertz CT molecular complexity index is 895. The molecule has 0 amide bonds. The van der Waals surface area contributed by atoms with Gasteiger partial charge in [-0.1, -0.05) is 24.3 Å². The Morgan fingerprint density at radius 3 is 2.58 bits per heavy atom. The molecule has 0 unspecified atom stereocenters. The number of anilines is 1. The fraction of sp³-hybridized carbons (Fsp3) is 0.211. The number of para-hydroxylation sites is 1. The number of aromatic nitrogens is 1. The Labute approximate surface area is 140 Å². The number of piperazine rings is 1. The molecule has 0 atom stereocenters. The van der Waals surface area contributed by atoms with E-state index in [1.54, 1.807) is 12.1 Å². The number of fused-ring (bicyclic) bond motifs is 1. The number of benzene rings is 2. The summed E-state index contributed by atoms with van der Waals surface area (Å²) in [5.41, 5.74) is 2.53. The first kappa shape index (κ1) is 14.8. The predicted molar refractivity (Wildman–Crippen MR) is 95.4 cm³/mol.